The fourth-order valence-electron chi connectivity index (χ4n) is 1.21. The maximum Gasteiger partial charge on any atom is 0.324 e. The van der Waals surface area contributed by atoms with Crippen molar-refractivity contribution in [1.82, 2.24) is 0 Å². The van der Waals surface area contributed by atoms with E-state index in [-0.39, 0.29) is 6.61 Å². The summed E-state index contributed by atoms with van der Waals surface area (Å²) in [5, 5.41) is 8.57. The Morgan fingerprint density at radius 2 is 2.20 bits per heavy atom. The van der Waals surface area contributed by atoms with Crippen molar-refractivity contribution in [3.8, 4) is 5.75 Å². The molecule has 15 heavy (non-hydrogen) atoms. The summed E-state index contributed by atoms with van der Waals surface area (Å²) in [5.41, 5.74) is 7.44. The van der Waals surface area contributed by atoms with E-state index in [0.717, 1.165) is 11.1 Å². The quantitative estimate of drug-likeness (QED) is 0.778. The van der Waals surface area contributed by atoms with Gasteiger partial charge in [0.05, 0.1) is 0 Å². The van der Waals surface area contributed by atoms with Gasteiger partial charge in [-0.2, -0.15) is 0 Å². The molecule has 0 heterocycles. The Morgan fingerprint density at radius 3 is 2.73 bits per heavy atom. The molecule has 82 valence electrons. The number of ether oxygens (including phenoxy) is 1. The van der Waals surface area contributed by atoms with Crippen LogP contribution in [0.2, 0.25) is 0 Å². The van der Waals surface area contributed by atoms with Crippen LogP contribution in [0.25, 0.3) is 0 Å². The lowest BCUT2D eigenvalue weighted by Crippen LogP contribution is -2.36. The number of carboxylic acids is 1. The third-order valence-electron chi connectivity index (χ3n) is 2.07. The van der Waals surface area contributed by atoms with E-state index in [9.17, 15) is 4.79 Å². The summed E-state index contributed by atoms with van der Waals surface area (Å²) in [6, 6.07) is 4.72. The van der Waals surface area contributed by atoms with Crippen LogP contribution in [0.4, 0.5) is 0 Å². The standard InChI is InChI=1S/C11H15NO3/c1-7-3-4-10(8(2)5-7)15-6-9(12)11(13)14/h3-5,9H,6,12H2,1-2H3,(H,13,14)/t9-/m0/s1. The molecule has 4 nitrogen and oxygen atoms in total. The number of hydrogen-bond donors (Lipinski definition) is 2. The van der Waals surface area contributed by atoms with Gasteiger partial charge in [-0.15, -0.1) is 0 Å². The van der Waals surface area contributed by atoms with Crippen molar-refractivity contribution in [2.24, 2.45) is 5.73 Å². The van der Waals surface area contributed by atoms with Gasteiger partial charge in [0.15, 0.2) is 0 Å². The zero-order valence-corrected chi connectivity index (χ0v) is 8.86. The number of rotatable bonds is 4. The lowest BCUT2D eigenvalue weighted by Gasteiger charge is -2.11. The van der Waals surface area contributed by atoms with Crippen molar-refractivity contribution in [3.63, 3.8) is 0 Å². The van der Waals surface area contributed by atoms with Crippen molar-refractivity contribution in [2.75, 3.05) is 6.61 Å². The van der Waals surface area contributed by atoms with Gasteiger partial charge < -0.3 is 15.6 Å². The lowest BCUT2D eigenvalue weighted by molar-refractivity contribution is -0.139. The molecule has 3 N–H and O–H groups in total. The summed E-state index contributed by atoms with van der Waals surface area (Å²) in [6.45, 7) is 3.88. The van der Waals surface area contributed by atoms with Crippen LogP contribution in [0.15, 0.2) is 18.2 Å². The van der Waals surface area contributed by atoms with E-state index < -0.39 is 12.0 Å². The third-order valence-corrected chi connectivity index (χ3v) is 2.07. The first-order valence-electron chi connectivity index (χ1n) is 4.69. The summed E-state index contributed by atoms with van der Waals surface area (Å²) >= 11 is 0. The second-order valence-corrected chi connectivity index (χ2v) is 3.52. The molecule has 0 radical (unpaired) electrons. The predicted octanol–water partition coefficient (Wildman–Crippen LogP) is 1.09. The first-order chi connectivity index (χ1) is 7.00. The minimum atomic E-state index is -1.06. The maximum absolute atomic E-state index is 10.5. The Balaban J connectivity index is 2.62. The Kier molecular flexibility index (Phi) is 3.68. The van der Waals surface area contributed by atoms with E-state index >= 15 is 0 Å². The zero-order chi connectivity index (χ0) is 11.4. The van der Waals surface area contributed by atoms with E-state index in [1.165, 1.54) is 0 Å². The molecule has 1 aromatic carbocycles. The highest BCUT2D eigenvalue weighted by atomic mass is 16.5. The van der Waals surface area contributed by atoms with Gasteiger partial charge in [-0.05, 0) is 25.5 Å². The zero-order valence-electron chi connectivity index (χ0n) is 8.86. The van der Waals surface area contributed by atoms with Crippen LogP contribution in [0.1, 0.15) is 11.1 Å². The second kappa shape index (κ2) is 4.79. The highest BCUT2D eigenvalue weighted by molar-refractivity contribution is 5.73. The molecule has 1 aromatic rings. The third kappa shape index (κ3) is 3.25. The Hall–Kier alpha value is -1.55. The number of aliphatic carboxylic acids is 1. The molecule has 0 aliphatic heterocycles. The minimum absolute atomic E-state index is 0.0146. The number of carboxylic acid groups (broad SMARTS) is 1. The van der Waals surface area contributed by atoms with Gasteiger partial charge in [0, 0.05) is 0 Å². The van der Waals surface area contributed by atoms with Crippen molar-refractivity contribution >= 4 is 5.97 Å². The highest BCUT2D eigenvalue weighted by Crippen LogP contribution is 2.18. The van der Waals surface area contributed by atoms with Crippen molar-refractivity contribution in [2.45, 2.75) is 19.9 Å². The average Bonchev–Trinajstić information content (AvgIpc) is 2.15. The molecule has 0 spiro atoms. The number of hydrogen-bond acceptors (Lipinski definition) is 3. The van der Waals surface area contributed by atoms with Crippen LogP contribution in [0.3, 0.4) is 0 Å². The summed E-state index contributed by atoms with van der Waals surface area (Å²) < 4.78 is 5.31. The van der Waals surface area contributed by atoms with Gasteiger partial charge in [-0.25, -0.2) is 0 Å². The summed E-state index contributed by atoms with van der Waals surface area (Å²) in [7, 11) is 0. The molecule has 0 aromatic heterocycles. The SMILES string of the molecule is Cc1ccc(OC[C@H](N)C(=O)O)c(C)c1. The van der Waals surface area contributed by atoms with Gasteiger partial charge in [0.2, 0.25) is 0 Å². The van der Waals surface area contributed by atoms with E-state index in [2.05, 4.69) is 0 Å². The van der Waals surface area contributed by atoms with Crippen molar-refractivity contribution in [1.29, 1.82) is 0 Å². The Labute approximate surface area is 88.7 Å². The molecule has 1 rings (SSSR count). The smallest absolute Gasteiger partial charge is 0.324 e. The topological polar surface area (TPSA) is 72.5 Å². The van der Waals surface area contributed by atoms with Crippen LogP contribution < -0.4 is 10.5 Å². The minimum Gasteiger partial charge on any atom is -0.491 e. The Morgan fingerprint density at radius 1 is 1.53 bits per heavy atom. The van der Waals surface area contributed by atoms with Crippen molar-refractivity contribution < 1.29 is 14.6 Å². The van der Waals surface area contributed by atoms with E-state index in [4.69, 9.17) is 15.6 Å². The van der Waals surface area contributed by atoms with E-state index in [1.807, 2.05) is 32.0 Å². The summed E-state index contributed by atoms with van der Waals surface area (Å²) in [6.07, 6.45) is 0. The van der Waals surface area contributed by atoms with Crippen LogP contribution >= 0.6 is 0 Å². The number of aryl methyl sites for hydroxylation is 2. The molecular formula is C11H15NO3. The van der Waals surface area contributed by atoms with Gasteiger partial charge in [-0.1, -0.05) is 17.7 Å². The fourth-order valence-corrected chi connectivity index (χ4v) is 1.21. The van der Waals surface area contributed by atoms with Crippen LogP contribution in [0, 0.1) is 13.8 Å². The van der Waals surface area contributed by atoms with E-state index in [1.54, 1.807) is 0 Å². The predicted molar refractivity (Wildman–Crippen MR) is 57.0 cm³/mol. The first-order valence-corrected chi connectivity index (χ1v) is 4.69. The van der Waals surface area contributed by atoms with Crippen LogP contribution in [-0.4, -0.2) is 23.7 Å². The van der Waals surface area contributed by atoms with Crippen molar-refractivity contribution in [3.05, 3.63) is 29.3 Å². The van der Waals surface area contributed by atoms with Crippen LogP contribution in [0.5, 0.6) is 5.75 Å². The largest absolute Gasteiger partial charge is 0.491 e. The molecular weight excluding hydrogens is 194 g/mol. The number of nitrogens with two attached hydrogens (primary N) is 1. The molecule has 0 saturated heterocycles. The average molecular weight is 209 g/mol. The molecule has 0 fully saturated rings. The van der Waals surface area contributed by atoms with Crippen LogP contribution in [-0.2, 0) is 4.79 Å². The molecule has 1 atom stereocenters. The molecule has 0 bridgehead atoms. The lowest BCUT2D eigenvalue weighted by atomic mass is 10.1. The van der Waals surface area contributed by atoms with Gasteiger partial charge in [-0.3, -0.25) is 4.79 Å². The van der Waals surface area contributed by atoms with Gasteiger partial charge in [0.1, 0.15) is 18.4 Å². The molecule has 0 unspecified atom stereocenters. The monoisotopic (exact) mass is 209 g/mol. The van der Waals surface area contributed by atoms with E-state index in [0.29, 0.717) is 5.75 Å². The summed E-state index contributed by atoms with van der Waals surface area (Å²) in [4.78, 5) is 10.5. The maximum atomic E-state index is 10.5. The molecule has 0 saturated carbocycles. The normalized spacial score (nSPS) is 12.2. The first kappa shape index (κ1) is 11.5. The number of carbonyl (C=O) groups is 1. The summed E-state index contributed by atoms with van der Waals surface area (Å²) in [5.74, 6) is -0.378. The molecule has 4 heteroatoms. The highest BCUT2D eigenvalue weighted by Gasteiger charge is 2.12. The molecule has 0 aliphatic rings. The van der Waals surface area contributed by atoms with Gasteiger partial charge >= 0.3 is 5.97 Å². The molecule has 0 amide bonds. The molecule has 0 aliphatic carbocycles. The number of benzene rings is 1. The Bertz CT molecular complexity index is 363. The second-order valence-electron chi connectivity index (χ2n) is 3.52. The fraction of sp³-hybridized carbons (Fsp3) is 0.364. The van der Waals surface area contributed by atoms with Gasteiger partial charge in [0.25, 0.3) is 0 Å².